The van der Waals surface area contributed by atoms with Crippen molar-refractivity contribution in [3.63, 3.8) is 0 Å². The lowest BCUT2D eigenvalue weighted by Gasteiger charge is -2.11. The van der Waals surface area contributed by atoms with Crippen molar-refractivity contribution in [3.8, 4) is 0 Å². The molecule has 54 valence electrons. The van der Waals surface area contributed by atoms with Crippen LogP contribution in [0, 0.1) is 0 Å². The van der Waals surface area contributed by atoms with E-state index >= 15 is 0 Å². The zero-order valence-electron chi connectivity index (χ0n) is 5.33. The van der Waals surface area contributed by atoms with Gasteiger partial charge in [0.25, 0.3) is 0 Å². The van der Waals surface area contributed by atoms with Crippen LogP contribution in [0.3, 0.4) is 0 Å². The first-order chi connectivity index (χ1) is 3.70. The van der Waals surface area contributed by atoms with Crippen LogP contribution in [0.25, 0.3) is 0 Å². The van der Waals surface area contributed by atoms with Crippen LogP contribution in [0.1, 0.15) is 0 Å². The first-order valence-electron chi connectivity index (χ1n) is 2.28. The van der Waals surface area contributed by atoms with Gasteiger partial charge in [-0.3, -0.25) is 5.01 Å². The summed E-state index contributed by atoms with van der Waals surface area (Å²) in [7, 11) is 3.57. The Morgan fingerprint density at radius 1 is 1.56 bits per heavy atom. The quantitative estimate of drug-likeness (QED) is 0.526. The van der Waals surface area contributed by atoms with Crippen molar-refractivity contribution in [1.82, 2.24) is 15.7 Å². The maximum atomic E-state index is 5.34. The monoisotopic (exact) mass is 195 g/mol. The van der Waals surface area contributed by atoms with Gasteiger partial charge in [-0.05, 0) is 0 Å². The zero-order valence-corrected chi connectivity index (χ0v) is 7.04. The Balaban J connectivity index is 0.000000640. The molecule has 0 amide bonds. The van der Waals surface area contributed by atoms with Crippen LogP contribution in [0.15, 0.2) is 5.10 Å². The Morgan fingerprint density at radius 2 is 2.11 bits per heavy atom. The number of nitrogens with zero attached hydrogens (tertiary/aromatic N) is 3. The van der Waals surface area contributed by atoms with Gasteiger partial charge in [0.05, 0.1) is 0 Å². The summed E-state index contributed by atoms with van der Waals surface area (Å²) in [5, 5.41) is 6.97. The molecule has 6 heteroatoms. The predicted molar refractivity (Wildman–Crippen MR) is 40.6 cm³/mol. The number of guanidine groups is 1. The second kappa shape index (κ2) is 2.88. The summed E-state index contributed by atoms with van der Waals surface area (Å²) in [5.41, 5.74) is 8.14. The average molecular weight is 196 g/mol. The highest BCUT2D eigenvalue weighted by atomic mass is 79.9. The van der Waals surface area contributed by atoms with Crippen molar-refractivity contribution in [2.75, 3.05) is 14.1 Å². The first-order valence-corrected chi connectivity index (χ1v) is 2.28. The van der Waals surface area contributed by atoms with Crippen LogP contribution < -0.4 is 11.3 Å². The second-order valence-corrected chi connectivity index (χ2v) is 1.64. The SMILES string of the molecule is Br.CN1N=C(N)N(C)N1. The highest BCUT2D eigenvalue weighted by Gasteiger charge is 2.10. The molecule has 0 fully saturated rings. The van der Waals surface area contributed by atoms with Gasteiger partial charge in [0.1, 0.15) is 0 Å². The topological polar surface area (TPSA) is 56.9 Å². The van der Waals surface area contributed by atoms with Gasteiger partial charge in [-0.1, -0.05) is 0 Å². The fourth-order valence-electron chi connectivity index (χ4n) is 0.511. The number of nitrogens with one attached hydrogen (secondary N) is 1. The van der Waals surface area contributed by atoms with Crippen molar-refractivity contribution in [2.45, 2.75) is 0 Å². The molecule has 0 aromatic rings. The number of halogens is 1. The molecule has 0 spiro atoms. The molecule has 0 radical (unpaired) electrons. The maximum Gasteiger partial charge on any atom is 0.231 e. The molecule has 5 nitrogen and oxygen atoms in total. The molecule has 3 N–H and O–H groups in total. The van der Waals surface area contributed by atoms with Crippen LogP contribution in [0.4, 0.5) is 0 Å². The van der Waals surface area contributed by atoms with E-state index in [4.69, 9.17) is 5.73 Å². The van der Waals surface area contributed by atoms with Gasteiger partial charge in [0.15, 0.2) is 0 Å². The van der Waals surface area contributed by atoms with Crippen molar-refractivity contribution in [1.29, 1.82) is 0 Å². The van der Waals surface area contributed by atoms with Gasteiger partial charge in [0, 0.05) is 14.1 Å². The van der Waals surface area contributed by atoms with Crippen molar-refractivity contribution in [2.24, 2.45) is 10.8 Å². The van der Waals surface area contributed by atoms with E-state index < -0.39 is 0 Å². The third kappa shape index (κ3) is 1.72. The van der Waals surface area contributed by atoms with E-state index in [0.717, 1.165) is 0 Å². The number of hydrazone groups is 1. The van der Waals surface area contributed by atoms with E-state index in [1.165, 1.54) is 5.12 Å². The summed E-state index contributed by atoms with van der Waals surface area (Å²) in [4.78, 5) is 0. The van der Waals surface area contributed by atoms with Crippen LogP contribution in [0.2, 0.25) is 0 Å². The molecule has 0 aromatic heterocycles. The summed E-state index contributed by atoms with van der Waals surface area (Å²) in [6.07, 6.45) is 0. The second-order valence-electron chi connectivity index (χ2n) is 1.64. The van der Waals surface area contributed by atoms with Gasteiger partial charge in [-0.15, -0.1) is 27.6 Å². The molecule has 0 saturated carbocycles. The molecular weight excluding hydrogens is 186 g/mol. The molecule has 0 atom stereocenters. The lowest BCUT2D eigenvalue weighted by Crippen LogP contribution is -2.41. The smallest absolute Gasteiger partial charge is 0.231 e. The van der Waals surface area contributed by atoms with Gasteiger partial charge in [-0.2, -0.15) is 0 Å². The molecule has 9 heavy (non-hydrogen) atoms. The fourth-order valence-corrected chi connectivity index (χ4v) is 0.511. The lowest BCUT2D eigenvalue weighted by atomic mass is 11.0. The Bertz CT molecular complexity index is 123. The van der Waals surface area contributed by atoms with E-state index in [2.05, 4.69) is 10.6 Å². The highest BCUT2D eigenvalue weighted by Crippen LogP contribution is 1.89. The largest absolute Gasteiger partial charge is 0.367 e. The van der Waals surface area contributed by atoms with Crippen molar-refractivity contribution < 1.29 is 0 Å². The van der Waals surface area contributed by atoms with Gasteiger partial charge < -0.3 is 5.73 Å². The van der Waals surface area contributed by atoms with Gasteiger partial charge in [-0.25, -0.2) is 5.12 Å². The summed E-state index contributed by atoms with van der Waals surface area (Å²) >= 11 is 0. The Morgan fingerprint density at radius 3 is 2.22 bits per heavy atom. The maximum absolute atomic E-state index is 5.34. The minimum absolute atomic E-state index is 0. The molecule has 1 heterocycles. The summed E-state index contributed by atoms with van der Waals surface area (Å²) in [6.45, 7) is 0. The summed E-state index contributed by atoms with van der Waals surface area (Å²) < 4.78 is 0. The molecule has 0 unspecified atom stereocenters. The van der Waals surface area contributed by atoms with Crippen LogP contribution in [-0.2, 0) is 0 Å². The third-order valence-corrected chi connectivity index (χ3v) is 0.891. The minimum atomic E-state index is 0. The molecule has 1 aliphatic rings. The van der Waals surface area contributed by atoms with E-state index in [9.17, 15) is 0 Å². The van der Waals surface area contributed by atoms with Crippen molar-refractivity contribution in [3.05, 3.63) is 0 Å². The summed E-state index contributed by atoms with van der Waals surface area (Å²) in [5.74, 6) is 0.479. The van der Waals surface area contributed by atoms with E-state index in [1.807, 2.05) is 0 Å². The Kier molecular flexibility index (Phi) is 2.72. The van der Waals surface area contributed by atoms with Crippen LogP contribution in [-0.4, -0.2) is 30.2 Å². The number of nitrogens with two attached hydrogens (primary N) is 1. The van der Waals surface area contributed by atoms with E-state index in [-0.39, 0.29) is 17.0 Å². The molecule has 0 bridgehead atoms. The molecule has 0 aromatic carbocycles. The fraction of sp³-hybridized carbons (Fsp3) is 0.667. The van der Waals surface area contributed by atoms with Crippen molar-refractivity contribution >= 4 is 22.9 Å². The molecule has 0 aliphatic carbocycles. The average Bonchev–Trinajstić information content (AvgIpc) is 1.85. The minimum Gasteiger partial charge on any atom is -0.367 e. The molecular formula is C3H10BrN5. The van der Waals surface area contributed by atoms with E-state index in [0.29, 0.717) is 5.96 Å². The zero-order chi connectivity index (χ0) is 6.15. The predicted octanol–water partition coefficient (Wildman–Crippen LogP) is -0.909. The van der Waals surface area contributed by atoms with Gasteiger partial charge >= 0.3 is 0 Å². The molecule has 1 rings (SSSR count). The highest BCUT2D eigenvalue weighted by molar-refractivity contribution is 8.93. The van der Waals surface area contributed by atoms with E-state index in [1.54, 1.807) is 19.1 Å². The number of rotatable bonds is 0. The third-order valence-electron chi connectivity index (χ3n) is 0.891. The number of hydrazine groups is 2. The lowest BCUT2D eigenvalue weighted by molar-refractivity contribution is 0.165. The number of hydrogen-bond acceptors (Lipinski definition) is 5. The van der Waals surface area contributed by atoms with Crippen LogP contribution >= 0.6 is 17.0 Å². The first kappa shape index (κ1) is 8.51. The number of hydrogen-bond donors (Lipinski definition) is 2. The van der Waals surface area contributed by atoms with Crippen LogP contribution in [0.5, 0.6) is 0 Å². The summed E-state index contributed by atoms with van der Waals surface area (Å²) in [6, 6.07) is 0. The Labute approximate surface area is 64.2 Å². The Hall–Kier alpha value is -0.490. The normalized spacial score (nSPS) is 17.3. The standard InChI is InChI=1S/C3H9N5.BrH/c1-7-3(4)5-8(2)6-7;/h6H,1-2H3,(H2,4,5);1H. The molecule has 1 aliphatic heterocycles. The molecule has 0 saturated heterocycles. The van der Waals surface area contributed by atoms with Gasteiger partial charge in [0.2, 0.25) is 5.96 Å².